The van der Waals surface area contributed by atoms with E-state index in [1.165, 1.54) is 18.2 Å². The number of pyridine rings is 1. The second-order valence-electron chi connectivity index (χ2n) is 5.41. The van der Waals surface area contributed by atoms with E-state index in [0.717, 1.165) is 11.1 Å². The van der Waals surface area contributed by atoms with Crippen molar-refractivity contribution < 1.29 is 9.18 Å². The Hall–Kier alpha value is -3.35. The second kappa shape index (κ2) is 7.04. The molecule has 0 radical (unpaired) electrons. The van der Waals surface area contributed by atoms with Gasteiger partial charge >= 0.3 is 0 Å². The molecule has 0 saturated heterocycles. The van der Waals surface area contributed by atoms with Crippen LogP contribution in [-0.2, 0) is 18.4 Å². The van der Waals surface area contributed by atoms with Gasteiger partial charge in [-0.15, -0.1) is 5.10 Å². The van der Waals surface area contributed by atoms with Crippen molar-refractivity contribution in [2.24, 2.45) is 7.05 Å². The maximum absolute atomic E-state index is 13.1. The Bertz CT molecular complexity index is 917. The van der Waals surface area contributed by atoms with E-state index in [2.05, 4.69) is 27.2 Å². The molecule has 0 aliphatic heterocycles. The number of carbonyl (C=O) groups excluding carboxylic acids is 1. The van der Waals surface area contributed by atoms with Crippen LogP contribution < -0.4 is 5.32 Å². The molecule has 0 aliphatic carbocycles. The molecule has 1 aromatic carbocycles. The minimum atomic E-state index is -0.304. The Morgan fingerprint density at radius 1 is 1.24 bits per heavy atom. The maximum Gasteiger partial charge on any atom is 0.243 e. The highest BCUT2D eigenvalue weighted by Crippen LogP contribution is 2.25. The van der Waals surface area contributed by atoms with Crippen LogP contribution in [0, 0.1) is 5.82 Å². The number of halogens is 1. The van der Waals surface area contributed by atoms with E-state index in [9.17, 15) is 9.18 Å². The summed E-state index contributed by atoms with van der Waals surface area (Å²) < 4.78 is 14.7. The van der Waals surface area contributed by atoms with Gasteiger partial charge in [0.1, 0.15) is 11.5 Å². The zero-order valence-electron chi connectivity index (χ0n) is 13.6. The van der Waals surface area contributed by atoms with Gasteiger partial charge in [-0.2, -0.15) is 0 Å². The molecule has 0 fully saturated rings. The lowest BCUT2D eigenvalue weighted by atomic mass is 10.1. The highest BCUT2D eigenvalue weighted by atomic mass is 19.1. The van der Waals surface area contributed by atoms with E-state index < -0.39 is 0 Å². The molecule has 0 atom stereocenters. The van der Waals surface area contributed by atoms with Crippen molar-refractivity contribution in [3.63, 3.8) is 0 Å². The first-order chi connectivity index (χ1) is 12.1. The van der Waals surface area contributed by atoms with E-state index >= 15 is 0 Å². The molecule has 2 aromatic heterocycles. The van der Waals surface area contributed by atoms with Crippen LogP contribution in [0.5, 0.6) is 0 Å². The lowest BCUT2D eigenvalue weighted by Gasteiger charge is -2.10. The maximum atomic E-state index is 13.1. The summed E-state index contributed by atoms with van der Waals surface area (Å²) in [6, 6.07) is 9.78. The normalized spacial score (nSPS) is 10.5. The fraction of sp³-hybridized carbons (Fsp3) is 0.111. The van der Waals surface area contributed by atoms with Gasteiger partial charge in [0.2, 0.25) is 5.91 Å². The summed E-state index contributed by atoms with van der Waals surface area (Å²) in [5, 5.41) is 10.8. The van der Waals surface area contributed by atoms with Crippen molar-refractivity contribution in [2.45, 2.75) is 6.54 Å². The van der Waals surface area contributed by atoms with E-state index in [1.807, 2.05) is 12.1 Å². The van der Waals surface area contributed by atoms with Gasteiger partial charge in [0.15, 0.2) is 0 Å². The predicted octanol–water partition coefficient (Wildman–Crippen LogP) is 2.49. The Kier molecular flexibility index (Phi) is 4.65. The standard InChI is InChI=1S/C18H16FN5O/c1-3-17(25)20-10-13-6-9-15(12-4-7-14(19)8-5-12)21-18(13)16-11-24(2)23-22-16/h3-9,11H,1,10H2,2H3,(H,20,25). The average molecular weight is 337 g/mol. The van der Waals surface area contributed by atoms with Gasteiger partial charge in [-0.3, -0.25) is 9.48 Å². The monoisotopic (exact) mass is 337 g/mol. The van der Waals surface area contributed by atoms with Crippen molar-refractivity contribution in [3.05, 3.63) is 66.6 Å². The van der Waals surface area contributed by atoms with Crippen molar-refractivity contribution >= 4 is 5.91 Å². The number of aromatic nitrogens is 4. The highest BCUT2D eigenvalue weighted by Gasteiger charge is 2.13. The van der Waals surface area contributed by atoms with Gasteiger partial charge in [-0.05, 0) is 42.0 Å². The van der Waals surface area contributed by atoms with Gasteiger partial charge in [0.25, 0.3) is 0 Å². The third-order valence-electron chi connectivity index (χ3n) is 3.60. The Morgan fingerprint density at radius 3 is 2.64 bits per heavy atom. The average Bonchev–Trinajstić information content (AvgIpc) is 3.06. The fourth-order valence-corrected chi connectivity index (χ4v) is 2.34. The van der Waals surface area contributed by atoms with Gasteiger partial charge in [-0.25, -0.2) is 9.37 Å². The fourth-order valence-electron chi connectivity index (χ4n) is 2.34. The number of benzene rings is 1. The number of amides is 1. The Morgan fingerprint density at radius 2 is 2.00 bits per heavy atom. The van der Waals surface area contributed by atoms with Crippen LogP contribution in [0.1, 0.15) is 5.56 Å². The molecule has 0 aliphatic rings. The van der Waals surface area contributed by atoms with Gasteiger partial charge in [-0.1, -0.05) is 17.9 Å². The van der Waals surface area contributed by atoms with E-state index in [-0.39, 0.29) is 18.3 Å². The summed E-state index contributed by atoms with van der Waals surface area (Å²) in [7, 11) is 1.76. The Labute approximate surface area is 144 Å². The summed E-state index contributed by atoms with van der Waals surface area (Å²) in [6.45, 7) is 3.72. The first kappa shape index (κ1) is 16.5. The smallest absolute Gasteiger partial charge is 0.243 e. The first-order valence-corrected chi connectivity index (χ1v) is 7.59. The molecular formula is C18H16FN5O. The molecule has 0 spiro atoms. The lowest BCUT2D eigenvalue weighted by molar-refractivity contribution is -0.116. The summed E-state index contributed by atoms with van der Waals surface area (Å²) in [5.41, 5.74) is 3.46. The van der Waals surface area contributed by atoms with Gasteiger partial charge < -0.3 is 5.32 Å². The minimum absolute atomic E-state index is 0.271. The number of nitrogens with zero attached hydrogens (tertiary/aromatic N) is 4. The van der Waals surface area contributed by atoms with Crippen LogP contribution in [0.15, 0.2) is 55.3 Å². The molecule has 7 heteroatoms. The van der Waals surface area contributed by atoms with Crippen LogP contribution in [0.3, 0.4) is 0 Å². The molecule has 2 heterocycles. The molecule has 126 valence electrons. The van der Waals surface area contributed by atoms with E-state index in [0.29, 0.717) is 17.1 Å². The topological polar surface area (TPSA) is 72.7 Å². The van der Waals surface area contributed by atoms with Gasteiger partial charge in [0.05, 0.1) is 17.6 Å². The summed E-state index contributed by atoms with van der Waals surface area (Å²) in [4.78, 5) is 16.1. The van der Waals surface area contributed by atoms with E-state index in [1.54, 1.807) is 30.1 Å². The number of hydrogen-bond donors (Lipinski definition) is 1. The van der Waals surface area contributed by atoms with Crippen molar-refractivity contribution in [2.75, 3.05) is 0 Å². The van der Waals surface area contributed by atoms with Crippen LogP contribution in [0.2, 0.25) is 0 Å². The zero-order chi connectivity index (χ0) is 17.8. The van der Waals surface area contributed by atoms with Crippen molar-refractivity contribution in [1.82, 2.24) is 25.3 Å². The SMILES string of the molecule is C=CC(=O)NCc1ccc(-c2ccc(F)cc2)nc1-c1cn(C)nn1. The number of hydrogen-bond acceptors (Lipinski definition) is 4. The zero-order valence-corrected chi connectivity index (χ0v) is 13.6. The number of nitrogens with one attached hydrogen (secondary N) is 1. The van der Waals surface area contributed by atoms with Crippen LogP contribution in [0.4, 0.5) is 4.39 Å². The van der Waals surface area contributed by atoms with Crippen LogP contribution in [-0.4, -0.2) is 25.9 Å². The lowest BCUT2D eigenvalue weighted by Crippen LogP contribution is -2.20. The predicted molar refractivity (Wildman–Crippen MR) is 91.7 cm³/mol. The van der Waals surface area contributed by atoms with Crippen molar-refractivity contribution in [1.29, 1.82) is 0 Å². The molecular weight excluding hydrogens is 321 g/mol. The quantitative estimate of drug-likeness (QED) is 0.726. The minimum Gasteiger partial charge on any atom is -0.348 e. The van der Waals surface area contributed by atoms with Crippen molar-refractivity contribution in [3.8, 4) is 22.6 Å². The third kappa shape index (κ3) is 3.77. The first-order valence-electron chi connectivity index (χ1n) is 7.59. The second-order valence-corrected chi connectivity index (χ2v) is 5.41. The number of aryl methyl sites for hydroxylation is 1. The molecule has 3 aromatic rings. The van der Waals surface area contributed by atoms with Gasteiger partial charge in [0, 0.05) is 19.2 Å². The molecule has 0 bridgehead atoms. The van der Waals surface area contributed by atoms with Crippen LogP contribution in [0.25, 0.3) is 22.6 Å². The van der Waals surface area contributed by atoms with Crippen LogP contribution >= 0.6 is 0 Å². The summed E-state index contributed by atoms with van der Waals surface area (Å²) >= 11 is 0. The number of carbonyl (C=O) groups is 1. The molecule has 3 rings (SSSR count). The molecule has 0 saturated carbocycles. The summed E-state index contributed by atoms with van der Waals surface area (Å²) in [6.07, 6.45) is 2.96. The number of rotatable bonds is 5. The third-order valence-corrected chi connectivity index (χ3v) is 3.60. The molecule has 1 N–H and O–H groups in total. The summed E-state index contributed by atoms with van der Waals surface area (Å²) in [5.74, 6) is -0.575. The van der Waals surface area contributed by atoms with E-state index in [4.69, 9.17) is 0 Å². The molecule has 1 amide bonds. The highest BCUT2D eigenvalue weighted by molar-refractivity contribution is 5.86. The molecule has 0 unspecified atom stereocenters. The Balaban J connectivity index is 2.02. The molecule has 6 nitrogen and oxygen atoms in total. The largest absolute Gasteiger partial charge is 0.348 e. The molecule has 25 heavy (non-hydrogen) atoms.